The Balaban J connectivity index is 1.72. The molecule has 2 aliphatic rings. The highest BCUT2D eigenvalue weighted by molar-refractivity contribution is 7.91. The predicted octanol–water partition coefficient (Wildman–Crippen LogP) is 1.96. The molecule has 5 nitrogen and oxygen atoms in total. The molecule has 1 aromatic rings. The lowest BCUT2D eigenvalue weighted by atomic mass is 10.1. The number of carbonyl (C=O) groups is 1. The Morgan fingerprint density at radius 3 is 2.91 bits per heavy atom. The van der Waals surface area contributed by atoms with Gasteiger partial charge in [-0.15, -0.1) is 11.3 Å². The molecule has 0 saturated carbocycles. The Labute approximate surface area is 140 Å². The number of hydrogen-bond donors (Lipinski definition) is 0. The molecule has 1 aromatic heterocycles. The Hall–Kier alpha value is -1.18. The molecule has 2 atom stereocenters. The third kappa shape index (κ3) is 4.43. The number of rotatable bonds is 5. The van der Waals surface area contributed by atoms with Crippen molar-refractivity contribution in [3.63, 3.8) is 0 Å². The van der Waals surface area contributed by atoms with Crippen molar-refractivity contribution in [3.8, 4) is 0 Å². The standard InChI is InChI=1S/C16H21NO4S2/c18-16(6-5-15-4-2-9-22-15)17(11-14-3-1-8-21-14)13-7-10-23(19,20)12-13/h2,4-6,9,13-14H,1,3,7-8,10-12H2/b6-5+/t13-,14-/m1/s1. The molecule has 0 spiro atoms. The van der Waals surface area contributed by atoms with Crippen LogP contribution in [-0.4, -0.2) is 56.0 Å². The molecule has 2 fully saturated rings. The Morgan fingerprint density at radius 1 is 1.43 bits per heavy atom. The highest BCUT2D eigenvalue weighted by atomic mass is 32.2. The lowest BCUT2D eigenvalue weighted by Crippen LogP contribution is -2.44. The molecule has 0 N–H and O–H groups in total. The van der Waals surface area contributed by atoms with Gasteiger partial charge in [0.25, 0.3) is 0 Å². The van der Waals surface area contributed by atoms with Crippen molar-refractivity contribution in [3.05, 3.63) is 28.5 Å². The molecule has 7 heteroatoms. The second-order valence-electron chi connectivity index (χ2n) is 6.03. The van der Waals surface area contributed by atoms with Gasteiger partial charge >= 0.3 is 0 Å². The summed E-state index contributed by atoms with van der Waals surface area (Å²) in [6.45, 7) is 1.20. The predicted molar refractivity (Wildman–Crippen MR) is 91.1 cm³/mol. The minimum absolute atomic E-state index is 0.0254. The average Bonchev–Trinajstić information content (AvgIpc) is 3.24. The van der Waals surface area contributed by atoms with E-state index in [4.69, 9.17) is 4.74 Å². The van der Waals surface area contributed by atoms with Crippen LogP contribution in [0.15, 0.2) is 23.6 Å². The van der Waals surface area contributed by atoms with Gasteiger partial charge in [-0.1, -0.05) is 6.07 Å². The first kappa shape index (κ1) is 16.7. The van der Waals surface area contributed by atoms with E-state index in [0.717, 1.165) is 24.3 Å². The number of hydrogen-bond acceptors (Lipinski definition) is 5. The van der Waals surface area contributed by atoms with Crippen LogP contribution >= 0.6 is 11.3 Å². The zero-order valence-corrected chi connectivity index (χ0v) is 14.5. The number of thiophene rings is 1. The smallest absolute Gasteiger partial charge is 0.246 e. The van der Waals surface area contributed by atoms with Crippen LogP contribution in [-0.2, 0) is 19.4 Å². The van der Waals surface area contributed by atoms with Crippen LogP contribution in [0.25, 0.3) is 6.08 Å². The summed E-state index contributed by atoms with van der Waals surface area (Å²) < 4.78 is 29.2. The molecule has 3 rings (SSSR count). The Morgan fingerprint density at radius 2 is 2.30 bits per heavy atom. The van der Waals surface area contributed by atoms with Crippen molar-refractivity contribution in [2.75, 3.05) is 24.7 Å². The molecule has 0 bridgehead atoms. The van der Waals surface area contributed by atoms with E-state index in [9.17, 15) is 13.2 Å². The zero-order chi connectivity index (χ0) is 16.3. The fraction of sp³-hybridized carbons (Fsp3) is 0.562. The van der Waals surface area contributed by atoms with Crippen LogP contribution in [0.2, 0.25) is 0 Å². The molecule has 0 aromatic carbocycles. The van der Waals surface area contributed by atoms with Crippen molar-refractivity contribution < 1.29 is 17.9 Å². The fourth-order valence-electron chi connectivity index (χ4n) is 3.08. The normalized spacial score (nSPS) is 26.8. The van der Waals surface area contributed by atoms with E-state index >= 15 is 0 Å². The minimum Gasteiger partial charge on any atom is -0.376 e. The van der Waals surface area contributed by atoms with Gasteiger partial charge in [0.2, 0.25) is 5.91 Å². The molecule has 0 aliphatic carbocycles. The van der Waals surface area contributed by atoms with Crippen LogP contribution in [0.1, 0.15) is 24.1 Å². The quantitative estimate of drug-likeness (QED) is 0.758. The molecular weight excluding hydrogens is 334 g/mol. The number of sulfone groups is 1. The summed E-state index contributed by atoms with van der Waals surface area (Å²) in [4.78, 5) is 15.3. The molecule has 0 radical (unpaired) electrons. The van der Waals surface area contributed by atoms with Gasteiger partial charge in [0.15, 0.2) is 9.84 Å². The highest BCUT2D eigenvalue weighted by Gasteiger charge is 2.35. The molecule has 2 aliphatic heterocycles. The average molecular weight is 355 g/mol. The van der Waals surface area contributed by atoms with Crippen LogP contribution in [0, 0.1) is 0 Å². The number of amides is 1. The Kier molecular flexibility index (Phi) is 5.18. The molecule has 23 heavy (non-hydrogen) atoms. The molecule has 3 heterocycles. The van der Waals surface area contributed by atoms with Crippen molar-refractivity contribution in [1.29, 1.82) is 0 Å². The Bertz CT molecular complexity index is 660. The molecule has 126 valence electrons. The van der Waals surface area contributed by atoms with Crippen LogP contribution in [0.3, 0.4) is 0 Å². The molecule has 2 saturated heterocycles. The van der Waals surface area contributed by atoms with E-state index in [1.54, 1.807) is 28.4 Å². The first-order valence-corrected chi connectivity index (χ1v) is 10.6. The summed E-state index contributed by atoms with van der Waals surface area (Å²) in [5.41, 5.74) is 0. The van der Waals surface area contributed by atoms with E-state index in [0.29, 0.717) is 13.0 Å². The summed E-state index contributed by atoms with van der Waals surface area (Å²) in [5, 5.41) is 1.96. The highest BCUT2D eigenvalue weighted by Crippen LogP contribution is 2.22. The second-order valence-corrected chi connectivity index (χ2v) is 9.24. The van der Waals surface area contributed by atoms with E-state index in [1.165, 1.54) is 0 Å². The van der Waals surface area contributed by atoms with Crippen molar-refractivity contribution in [2.45, 2.75) is 31.4 Å². The van der Waals surface area contributed by atoms with Gasteiger partial charge in [-0.3, -0.25) is 4.79 Å². The van der Waals surface area contributed by atoms with Gasteiger partial charge in [-0.05, 0) is 36.8 Å². The second kappa shape index (κ2) is 7.15. The maximum absolute atomic E-state index is 12.6. The monoisotopic (exact) mass is 355 g/mol. The van der Waals surface area contributed by atoms with Crippen LogP contribution in [0.5, 0.6) is 0 Å². The summed E-state index contributed by atoms with van der Waals surface area (Å²) in [6.07, 6.45) is 5.81. The first-order chi connectivity index (χ1) is 11.0. The largest absolute Gasteiger partial charge is 0.376 e. The number of carbonyl (C=O) groups excluding carboxylic acids is 1. The van der Waals surface area contributed by atoms with Crippen molar-refractivity contribution in [2.24, 2.45) is 0 Å². The zero-order valence-electron chi connectivity index (χ0n) is 12.9. The summed E-state index contributed by atoms with van der Waals surface area (Å²) in [6, 6.07) is 3.64. The molecule has 1 amide bonds. The van der Waals surface area contributed by atoms with Crippen molar-refractivity contribution >= 4 is 33.2 Å². The van der Waals surface area contributed by atoms with Gasteiger partial charge in [0, 0.05) is 30.1 Å². The van der Waals surface area contributed by atoms with Crippen molar-refractivity contribution in [1.82, 2.24) is 4.90 Å². The van der Waals surface area contributed by atoms with Gasteiger partial charge in [0.1, 0.15) is 0 Å². The van der Waals surface area contributed by atoms with Crippen LogP contribution in [0.4, 0.5) is 0 Å². The van der Waals surface area contributed by atoms with Gasteiger partial charge in [-0.2, -0.15) is 0 Å². The van der Waals surface area contributed by atoms with Gasteiger partial charge in [0.05, 0.1) is 17.6 Å². The van der Waals surface area contributed by atoms with E-state index in [1.807, 2.05) is 17.5 Å². The molecule has 0 unspecified atom stereocenters. The fourth-order valence-corrected chi connectivity index (χ4v) is 5.43. The van der Waals surface area contributed by atoms with Gasteiger partial charge < -0.3 is 9.64 Å². The lowest BCUT2D eigenvalue weighted by molar-refractivity contribution is -0.129. The lowest BCUT2D eigenvalue weighted by Gasteiger charge is -2.29. The van der Waals surface area contributed by atoms with Crippen LogP contribution < -0.4 is 0 Å². The molecular formula is C16H21NO4S2. The maximum atomic E-state index is 12.6. The summed E-state index contributed by atoms with van der Waals surface area (Å²) in [7, 11) is -3.02. The number of ether oxygens (including phenoxy) is 1. The van der Waals surface area contributed by atoms with E-state index in [-0.39, 0.29) is 29.6 Å². The third-order valence-corrected chi connectivity index (χ3v) is 6.88. The van der Waals surface area contributed by atoms with E-state index in [2.05, 4.69) is 0 Å². The van der Waals surface area contributed by atoms with Gasteiger partial charge in [-0.25, -0.2) is 8.42 Å². The minimum atomic E-state index is -3.02. The summed E-state index contributed by atoms with van der Waals surface area (Å²) >= 11 is 1.56. The van der Waals surface area contributed by atoms with E-state index < -0.39 is 9.84 Å². The maximum Gasteiger partial charge on any atom is 0.246 e. The third-order valence-electron chi connectivity index (χ3n) is 4.29. The first-order valence-electron chi connectivity index (χ1n) is 7.88. The number of nitrogens with zero attached hydrogens (tertiary/aromatic N) is 1. The SMILES string of the molecule is O=C(/C=C/c1cccs1)N(C[C@H]1CCCO1)[C@@H]1CCS(=O)(=O)C1. The summed E-state index contributed by atoms with van der Waals surface area (Å²) in [5.74, 6) is 0.107. The topological polar surface area (TPSA) is 63.7 Å².